The van der Waals surface area contributed by atoms with Crippen LogP contribution < -0.4 is 0 Å². The van der Waals surface area contributed by atoms with Gasteiger partial charge in [-0.25, -0.2) is 4.79 Å². The smallest absolute Gasteiger partial charge is 0.418 e. The number of ether oxygens (including phenoxy) is 1. The van der Waals surface area contributed by atoms with Gasteiger partial charge >= 0.3 is 6.09 Å². The van der Waals surface area contributed by atoms with Crippen molar-refractivity contribution in [2.24, 2.45) is 0 Å². The molecular weight excluding hydrogens is 298 g/mol. The first-order valence-corrected chi connectivity index (χ1v) is 8.13. The molecule has 0 radical (unpaired) electrons. The molecule has 0 saturated heterocycles. The van der Waals surface area contributed by atoms with E-state index < -0.39 is 5.60 Å². The van der Waals surface area contributed by atoms with Gasteiger partial charge < -0.3 is 4.74 Å². The van der Waals surface area contributed by atoms with Gasteiger partial charge in [0.2, 0.25) is 0 Å². The minimum atomic E-state index is -0.528. The summed E-state index contributed by atoms with van der Waals surface area (Å²) in [4.78, 5) is 12.5. The van der Waals surface area contributed by atoms with Gasteiger partial charge in [-0.05, 0) is 57.9 Å². The Morgan fingerprint density at radius 2 is 1.83 bits per heavy atom. The van der Waals surface area contributed by atoms with Gasteiger partial charge in [-0.3, -0.25) is 4.57 Å². The molecule has 1 aromatic carbocycles. The summed E-state index contributed by atoms with van der Waals surface area (Å²) < 4.78 is 7.07. The second-order valence-corrected chi connectivity index (χ2v) is 6.66. The molecule has 0 bridgehead atoms. The monoisotopic (exact) mass is 323 g/mol. The topological polar surface area (TPSA) is 31.2 Å². The Morgan fingerprint density at radius 3 is 2.50 bits per heavy atom. The largest absolute Gasteiger partial charge is 0.443 e. The van der Waals surface area contributed by atoms with Gasteiger partial charge in [-0.2, -0.15) is 0 Å². The first-order chi connectivity index (χ1) is 11.3. The molecule has 126 valence electrons. The van der Waals surface area contributed by atoms with Crippen LogP contribution in [0.5, 0.6) is 0 Å². The average Bonchev–Trinajstić information content (AvgIpc) is 3.00. The summed E-state index contributed by atoms with van der Waals surface area (Å²) in [5.74, 6) is 0. The third kappa shape index (κ3) is 4.25. The van der Waals surface area contributed by atoms with Gasteiger partial charge in [0.1, 0.15) is 5.60 Å². The molecule has 2 rings (SSSR count). The first kappa shape index (κ1) is 17.8. The van der Waals surface area contributed by atoms with Crippen LogP contribution in [0.4, 0.5) is 4.79 Å². The zero-order chi connectivity index (χ0) is 17.7. The Bertz CT molecular complexity index is 773. The number of benzene rings is 1. The van der Waals surface area contributed by atoms with Gasteiger partial charge in [0, 0.05) is 11.8 Å². The maximum Gasteiger partial charge on any atom is 0.418 e. The van der Waals surface area contributed by atoms with Crippen molar-refractivity contribution in [2.75, 3.05) is 0 Å². The molecule has 3 heteroatoms. The van der Waals surface area contributed by atoms with E-state index in [2.05, 4.69) is 19.1 Å². The Labute approximate surface area is 144 Å². The van der Waals surface area contributed by atoms with Gasteiger partial charge in [0.25, 0.3) is 0 Å². The van der Waals surface area contributed by atoms with E-state index >= 15 is 0 Å². The summed E-state index contributed by atoms with van der Waals surface area (Å²) in [6, 6.07) is 11.9. The molecule has 0 saturated carbocycles. The molecule has 0 N–H and O–H groups in total. The van der Waals surface area contributed by atoms with Crippen molar-refractivity contribution in [2.45, 2.75) is 40.2 Å². The summed E-state index contributed by atoms with van der Waals surface area (Å²) in [6.07, 6.45) is 7.45. The summed E-state index contributed by atoms with van der Waals surface area (Å²) in [5.41, 5.74) is 3.54. The molecule has 0 atom stereocenters. The third-order valence-electron chi connectivity index (χ3n) is 3.51. The maximum atomic E-state index is 12.5. The molecule has 0 aliphatic heterocycles. The normalized spacial score (nSPS) is 12.6. The number of allylic oxidation sites excluding steroid dienone is 4. The molecule has 3 nitrogen and oxygen atoms in total. The van der Waals surface area contributed by atoms with Crippen molar-refractivity contribution < 1.29 is 9.53 Å². The lowest BCUT2D eigenvalue weighted by Crippen LogP contribution is -2.27. The van der Waals surface area contributed by atoms with Crippen molar-refractivity contribution in [3.05, 3.63) is 66.4 Å². The van der Waals surface area contributed by atoms with Gasteiger partial charge in [0.15, 0.2) is 0 Å². The molecule has 24 heavy (non-hydrogen) atoms. The Balaban J connectivity index is 2.48. The Hall–Kier alpha value is -2.55. The van der Waals surface area contributed by atoms with Crippen LogP contribution in [0, 0.1) is 0 Å². The number of hydrogen-bond acceptors (Lipinski definition) is 2. The van der Waals surface area contributed by atoms with E-state index in [4.69, 9.17) is 4.74 Å². The van der Waals surface area contributed by atoms with E-state index in [1.54, 1.807) is 10.8 Å². The number of carbonyl (C=O) groups excluding carboxylic acids is 1. The minimum absolute atomic E-state index is 0.368. The van der Waals surface area contributed by atoms with Crippen molar-refractivity contribution in [3.8, 4) is 11.3 Å². The van der Waals surface area contributed by atoms with Crippen LogP contribution in [0.3, 0.4) is 0 Å². The standard InChI is InChI=1S/C21H25NO2/c1-6-7-11-16(2)17-12-8-9-13-18(17)19-14-10-15-22(19)20(23)24-21(3,4)5/h6-15H,1-5H3/b7-6-,16-11+. The number of rotatable bonds is 3. The van der Waals surface area contributed by atoms with Crippen molar-refractivity contribution in [1.82, 2.24) is 4.57 Å². The fraction of sp³-hybridized carbons (Fsp3) is 0.286. The molecule has 1 heterocycles. The SMILES string of the molecule is C/C=C\C=C(/C)c1ccccc1-c1cccn1C(=O)OC(C)(C)C. The van der Waals surface area contributed by atoms with Gasteiger partial charge in [-0.1, -0.05) is 42.5 Å². The summed E-state index contributed by atoms with van der Waals surface area (Å²) in [7, 11) is 0. The van der Waals surface area contributed by atoms with Crippen molar-refractivity contribution in [3.63, 3.8) is 0 Å². The molecule has 0 aliphatic carbocycles. The maximum absolute atomic E-state index is 12.5. The highest BCUT2D eigenvalue weighted by molar-refractivity contribution is 5.85. The predicted molar refractivity (Wildman–Crippen MR) is 100.0 cm³/mol. The minimum Gasteiger partial charge on any atom is -0.443 e. The molecule has 0 fully saturated rings. The third-order valence-corrected chi connectivity index (χ3v) is 3.51. The highest BCUT2D eigenvalue weighted by atomic mass is 16.6. The van der Waals surface area contributed by atoms with E-state index in [1.807, 2.05) is 70.2 Å². The summed E-state index contributed by atoms with van der Waals surface area (Å²) >= 11 is 0. The lowest BCUT2D eigenvalue weighted by Gasteiger charge is -2.21. The fourth-order valence-electron chi connectivity index (χ4n) is 2.45. The van der Waals surface area contributed by atoms with Crippen molar-refractivity contribution in [1.29, 1.82) is 0 Å². The quantitative estimate of drug-likeness (QED) is 0.657. The lowest BCUT2D eigenvalue weighted by molar-refractivity contribution is 0.0540. The Morgan fingerprint density at radius 1 is 1.12 bits per heavy atom. The molecule has 0 aliphatic rings. The molecule has 0 unspecified atom stereocenters. The predicted octanol–water partition coefficient (Wildman–Crippen LogP) is 5.92. The second-order valence-electron chi connectivity index (χ2n) is 6.66. The van der Waals surface area contributed by atoms with Crippen LogP contribution in [-0.4, -0.2) is 16.3 Å². The molecular formula is C21H25NO2. The van der Waals surface area contributed by atoms with Crippen LogP contribution in [0.1, 0.15) is 40.2 Å². The molecule has 0 spiro atoms. The van der Waals surface area contributed by atoms with Gasteiger partial charge in [0.05, 0.1) is 5.69 Å². The van der Waals surface area contributed by atoms with Gasteiger partial charge in [-0.15, -0.1) is 0 Å². The second kappa shape index (κ2) is 7.35. The van der Waals surface area contributed by atoms with E-state index in [-0.39, 0.29) is 6.09 Å². The van der Waals surface area contributed by atoms with E-state index in [0.717, 1.165) is 22.4 Å². The Kier molecular flexibility index (Phi) is 5.45. The number of hydrogen-bond donors (Lipinski definition) is 0. The number of carbonyl (C=O) groups is 1. The van der Waals surface area contributed by atoms with Crippen molar-refractivity contribution >= 4 is 11.7 Å². The highest BCUT2D eigenvalue weighted by Gasteiger charge is 2.20. The molecule has 2 aromatic rings. The first-order valence-electron chi connectivity index (χ1n) is 8.13. The number of nitrogens with zero attached hydrogens (tertiary/aromatic N) is 1. The van der Waals surface area contributed by atoms with E-state index in [0.29, 0.717) is 0 Å². The average molecular weight is 323 g/mol. The zero-order valence-corrected chi connectivity index (χ0v) is 15.0. The molecule has 0 amide bonds. The summed E-state index contributed by atoms with van der Waals surface area (Å²) in [5, 5.41) is 0. The van der Waals surface area contributed by atoms with Crippen LogP contribution in [0.2, 0.25) is 0 Å². The van der Waals surface area contributed by atoms with Crippen LogP contribution >= 0.6 is 0 Å². The highest BCUT2D eigenvalue weighted by Crippen LogP contribution is 2.29. The van der Waals surface area contributed by atoms with Crippen LogP contribution in [0.25, 0.3) is 16.8 Å². The summed E-state index contributed by atoms with van der Waals surface area (Å²) in [6.45, 7) is 9.66. The fourth-order valence-corrected chi connectivity index (χ4v) is 2.45. The zero-order valence-electron chi connectivity index (χ0n) is 15.0. The lowest BCUT2D eigenvalue weighted by atomic mass is 9.98. The van der Waals surface area contributed by atoms with E-state index in [1.165, 1.54) is 0 Å². The number of aromatic nitrogens is 1. The molecule has 1 aromatic heterocycles. The van der Waals surface area contributed by atoms with Crippen LogP contribution in [0.15, 0.2) is 60.8 Å². The van der Waals surface area contributed by atoms with E-state index in [9.17, 15) is 4.79 Å². The van der Waals surface area contributed by atoms with Crippen LogP contribution in [-0.2, 0) is 4.74 Å².